The van der Waals surface area contributed by atoms with E-state index in [-0.39, 0.29) is 0 Å². The lowest BCUT2D eigenvalue weighted by atomic mass is 10.1. The van der Waals surface area contributed by atoms with Crippen LogP contribution in [0.4, 0.5) is 5.82 Å². The number of benzene rings is 1. The molecule has 0 saturated carbocycles. The quantitative estimate of drug-likeness (QED) is 0.568. The van der Waals surface area contributed by atoms with Crippen LogP contribution in [0.1, 0.15) is 5.56 Å². The van der Waals surface area contributed by atoms with Gasteiger partial charge in [0.25, 0.3) is 0 Å². The maximum atomic E-state index is 5.50. The Balaban J connectivity index is 1.67. The van der Waals surface area contributed by atoms with Gasteiger partial charge < -0.3 is 11.1 Å². The van der Waals surface area contributed by atoms with E-state index in [1.54, 1.807) is 17.1 Å². The van der Waals surface area contributed by atoms with E-state index in [0.717, 1.165) is 16.5 Å². The van der Waals surface area contributed by atoms with E-state index >= 15 is 0 Å². The maximum absolute atomic E-state index is 5.50. The van der Waals surface area contributed by atoms with E-state index < -0.39 is 0 Å². The molecular formula is C16H16N8. The summed E-state index contributed by atoms with van der Waals surface area (Å²) >= 11 is 0. The topological polar surface area (TPSA) is 107 Å². The van der Waals surface area contributed by atoms with Gasteiger partial charge in [-0.1, -0.05) is 17.3 Å². The van der Waals surface area contributed by atoms with Gasteiger partial charge in [0.15, 0.2) is 5.65 Å². The van der Waals surface area contributed by atoms with Crippen LogP contribution in [0.3, 0.4) is 0 Å². The first kappa shape index (κ1) is 14.5. The second-order valence-electron chi connectivity index (χ2n) is 5.40. The van der Waals surface area contributed by atoms with Crippen molar-refractivity contribution in [3.8, 4) is 0 Å². The third kappa shape index (κ3) is 2.74. The van der Waals surface area contributed by atoms with Gasteiger partial charge in [0, 0.05) is 24.7 Å². The highest BCUT2D eigenvalue weighted by Gasteiger charge is 2.09. The molecule has 0 aliphatic rings. The molecule has 0 spiro atoms. The minimum Gasteiger partial charge on any atom is -0.367 e. The van der Waals surface area contributed by atoms with Crippen molar-refractivity contribution in [3.05, 3.63) is 48.3 Å². The second-order valence-corrected chi connectivity index (χ2v) is 5.40. The molecule has 4 aromatic rings. The van der Waals surface area contributed by atoms with Gasteiger partial charge in [-0.05, 0) is 23.8 Å². The van der Waals surface area contributed by atoms with Crippen molar-refractivity contribution in [3.63, 3.8) is 0 Å². The van der Waals surface area contributed by atoms with Gasteiger partial charge in [-0.2, -0.15) is 0 Å². The second kappa shape index (κ2) is 6.17. The van der Waals surface area contributed by atoms with E-state index in [1.165, 1.54) is 0 Å². The summed E-state index contributed by atoms with van der Waals surface area (Å²) in [5, 5.41) is 12.4. The molecule has 3 heterocycles. The number of hydrogen-bond acceptors (Lipinski definition) is 7. The largest absolute Gasteiger partial charge is 0.367 e. The Bertz CT molecular complexity index is 994. The summed E-state index contributed by atoms with van der Waals surface area (Å²) in [5.74, 6) is 0.666. The van der Waals surface area contributed by atoms with E-state index in [1.807, 2.05) is 24.3 Å². The van der Waals surface area contributed by atoms with Gasteiger partial charge in [0.1, 0.15) is 5.82 Å². The van der Waals surface area contributed by atoms with Crippen molar-refractivity contribution >= 4 is 28.0 Å². The van der Waals surface area contributed by atoms with Crippen LogP contribution in [0, 0.1) is 0 Å². The fraction of sp³-hybridized carbons (Fsp3) is 0.188. The summed E-state index contributed by atoms with van der Waals surface area (Å²) in [6, 6.07) is 10.1. The van der Waals surface area contributed by atoms with E-state index in [4.69, 9.17) is 5.73 Å². The molecule has 120 valence electrons. The molecule has 0 atom stereocenters. The van der Waals surface area contributed by atoms with Crippen LogP contribution < -0.4 is 11.1 Å². The molecule has 0 radical (unpaired) electrons. The summed E-state index contributed by atoms with van der Waals surface area (Å²) in [6.07, 6.45) is 3.43. The van der Waals surface area contributed by atoms with Crippen LogP contribution in [0.15, 0.2) is 42.7 Å². The highest BCUT2D eigenvalue weighted by Crippen LogP contribution is 2.16. The van der Waals surface area contributed by atoms with E-state index in [0.29, 0.717) is 36.7 Å². The first-order valence-electron chi connectivity index (χ1n) is 7.67. The van der Waals surface area contributed by atoms with Gasteiger partial charge in [0.05, 0.1) is 18.3 Å². The van der Waals surface area contributed by atoms with Gasteiger partial charge in [0.2, 0.25) is 5.65 Å². The number of nitrogens with zero attached hydrogens (tertiary/aromatic N) is 6. The van der Waals surface area contributed by atoms with Gasteiger partial charge in [-0.15, -0.1) is 5.10 Å². The van der Waals surface area contributed by atoms with Crippen molar-refractivity contribution < 1.29 is 0 Å². The fourth-order valence-electron chi connectivity index (χ4n) is 2.54. The minimum atomic E-state index is 0.524. The number of hydrogen-bond donors (Lipinski definition) is 2. The maximum Gasteiger partial charge on any atom is 0.221 e. The van der Waals surface area contributed by atoms with Gasteiger partial charge >= 0.3 is 0 Å². The van der Waals surface area contributed by atoms with Crippen molar-refractivity contribution in [2.24, 2.45) is 5.73 Å². The van der Waals surface area contributed by atoms with E-state index in [9.17, 15) is 0 Å². The lowest BCUT2D eigenvalue weighted by Gasteiger charge is -2.05. The molecule has 0 saturated heterocycles. The molecule has 0 aliphatic carbocycles. The lowest BCUT2D eigenvalue weighted by Crippen LogP contribution is -2.14. The predicted molar refractivity (Wildman–Crippen MR) is 91.5 cm³/mol. The Kier molecular flexibility index (Phi) is 3.72. The lowest BCUT2D eigenvalue weighted by molar-refractivity contribution is 0.664. The zero-order chi connectivity index (χ0) is 16.4. The first-order valence-corrected chi connectivity index (χ1v) is 7.67. The van der Waals surface area contributed by atoms with Crippen LogP contribution in [-0.2, 0) is 6.54 Å². The third-order valence-corrected chi connectivity index (χ3v) is 3.68. The van der Waals surface area contributed by atoms with E-state index in [2.05, 4.69) is 36.6 Å². The molecule has 24 heavy (non-hydrogen) atoms. The molecule has 0 fully saturated rings. The number of pyridine rings is 1. The average molecular weight is 320 g/mol. The summed E-state index contributed by atoms with van der Waals surface area (Å²) in [7, 11) is 0. The molecule has 0 bridgehead atoms. The summed E-state index contributed by atoms with van der Waals surface area (Å²) in [4.78, 5) is 13.1. The third-order valence-electron chi connectivity index (χ3n) is 3.68. The monoisotopic (exact) mass is 320 g/mol. The number of anilines is 1. The Morgan fingerprint density at radius 1 is 1.17 bits per heavy atom. The summed E-state index contributed by atoms with van der Waals surface area (Å²) < 4.78 is 1.74. The molecule has 0 unspecified atom stereocenters. The van der Waals surface area contributed by atoms with Crippen molar-refractivity contribution in [2.75, 3.05) is 18.4 Å². The molecule has 0 aliphatic heterocycles. The van der Waals surface area contributed by atoms with Crippen LogP contribution in [-0.4, -0.2) is 43.0 Å². The molecule has 8 nitrogen and oxygen atoms in total. The minimum absolute atomic E-state index is 0.524. The molecular weight excluding hydrogens is 304 g/mol. The Morgan fingerprint density at radius 3 is 3.04 bits per heavy atom. The predicted octanol–water partition coefficient (Wildman–Crippen LogP) is 1.19. The molecule has 3 aromatic heterocycles. The summed E-state index contributed by atoms with van der Waals surface area (Å²) in [6.45, 7) is 1.73. The zero-order valence-electron chi connectivity index (χ0n) is 12.9. The average Bonchev–Trinajstić information content (AvgIpc) is 3.02. The normalized spacial score (nSPS) is 11.2. The fourth-order valence-corrected chi connectivity index (χ4v) is 2.54. The van der Waals surface area contributed by atoms with Crippen LogP contribution >= 0.6 is 0 Å². The zero-order valence-corrected chi connectivity index (χ0v) is 12.9. The van der Waals surface area contributed by atoms with Crippen molar-refractivity contribution in [2.45, 2.75) is 6.54 Å². The highest BCUT2D eigenvalue weighted by molar-refractivity contribution is 5.79. The van der Waals surface area contributed by atoms with Crippen LogP contribution in [0.5, 0.6) is 0 Å². The number of aromatic nitrogens is 6. The van der Waals surface area contributed by atoms with Crippen LogP contribution in [0.25, 0.3) is 22.2 Å². The SMILES string of the molecule is NCCNc1cnc2nnn(Cc3ccc4ncccc4c3)c2n1. The molecule has 0 amide bonds. The highest BCUT2D eigenvalue weighted by atomic mass is 15.5. The molecule has 3 N–H and O–H groups in total. The Labute approximate surface area is 137 Å². The van der Waals surface area contributed by atoms with Crippen LogP contribution in [0.2, 0.25) is 0 Å². The van der Waals surface area contributed by atoms with Gasteiger partial charge in [-0.3, -0.25) is 4.98 Å². The summed E-state index contributed by atoms with van der Waals surface area (Å²) in [5.41, 5.74) is 8.74. The molecule has 4 rings (SSSR count). The number of nitrogens with two attached hydrogens (primary N) is 1. The van der Waals surface area contributed by atoms with Crippen molar-refractivity contribution in [1.82, 2.24) is 29.9 Å². The molecule has 1 aromatic carbocycles. The Hall–Kier alpha value is -3.13. The Morgan fingerprint density at radius 2 is 2.12 bits per heavy atom. The number of rotatable bonds is 5. The smallest absolute Gasteiger partial charge is 0.221 e. The number of nitrogens with one attached hydrogen (secondary N) is 1. The molecule has 8 heteroatoms. The van der Waals surface area contributed by atoms with Gasteiger partial charge in [-0.25, -0.2) is 14.6 Å². The van der Waals surface area contributed by atoms with Crippen molar-refractivity contribution in [1.29, 1.82) is 0 Å². The first-order chi connectivity index (χ1) is 11.8. The number of fused-ring (bicyclic) bond motifs is 2. The standard InChI is InChI=1S/C16H16N8/c17-5-7-19-14-9-20-15-16(21-14)24(23-22-15)10-11-3-4-13-12(8-11)2-1-6-18-13/h1-4,6,8-9H,5,7,10,17H2,(H,19,21).